The van der Waals surface area contributed by atoms with Gasteiger partial charge >= 0.3 is 11.8 Å². The Morgan fingerprint density at radius 2 is 1.50 bits per heavy atom. The molecule has 0 radical (unpaired) electrons. The fourth-order valence-corrected chi connectivity index (χ4v) is 2.27. The number of anilines is 1. The fraction of sp³-hybridized carbons (Fsp3) is 0. The van der Waals surface area contributed by atoms with Crippen LogP contribution >= 0.6 is 0 Å². The molecule has 0 aliphatic heterocycles. The first-order valence-electron chi connectivity index (χ1n) is 7.41. The highest BCUT2D eigenvalue weighted by atomic mass is 16.2. The maximum atomic E-state index is 12.0. The minimum Gasteiger partial charge on any atom is -0.317 e. The lowest BCUT2D eigenvalue weighted by Crippen LogP contribution is -2.32. The molecule has 3 aromatic rings. The summed E-state index contributed by atoms with van der Waals surface area (Å²) in [6.45, 7) is 0. The molecule has 0 aliphatic rings. The Labute approximate surface area is 139 Å². The Hall–Kier alpha value is -3.47. The van der Waals surface area contributed by atoms with Gasteiger partial charge in [0.05, 0.1) is 6.21 Å². The van der Waals surface area contributed by atoms with E-state index in [-0.39, 0.29) is 0 Å². The average Bonchev–Trinajstić information content (AvgIpc) is 2.63. The molecule has 24 heavy (non-hydrogen) atoms. The summed E-state index contributed by atoms with van der Waals surface area (Å²) >= 11 is 0. The lowest BCUT2D eigenvalue weighted by molar-refractivity contribution is -0.136. The minimum atomic E-state index is -0.824. The number of nitrogens with zero attached hydrogens (tertiary/aromatic N) is 1. The van der Waals surface area contributed by atoms with Gasteiger partial charge < -0.3 is 5.32 Å². The summed E-state index contributed by atoms with van der Waals surface area (Å²) in [6.07, 6.45) is 1.48. The number of fused-ring (bicyclic) bond motifs is 1. The topological polar surface area (TPSA) is 70.6 Å². The predicted molar refractivity (Wildman–Crippen MR) is 94.8 cm³/mol. The predicted octanol–water partition coefficient (Wildman–Crippen LogP) is 2.93. The van der Waals surface area contributed by atoms with Gasteiger partial charge in [-0.1, -0.05) is 66.7 Å². The third-order valence-electron chi connectivity index (χ3n) is 3.42. The molecular formula is C19H15N3O2. The Morgan fingerprint density at radius 3 is 2.33 bits per heavy atom. The van der Waals surface area contributed by atoms with E-state index in [1.54, 1.807) is 6.07 Å². The molecule has 2 N–H and O–H groups in total. The second-order valence-electron chi connectivity index (χ2n) is 5.09. The van der Waals surface area contributed by atoms with Crippen LogP contribution in [-0.4, -0.2) is 18.0 Å². The van der Waals surface area contributed by atoms with E-state index in [1.807, 2.05) is 66.7 Å². The fourth-order valence-electron chi connectivity index (χ4n) is 2.27. The largest absolute Gasteiger partial charge is 0.329 e. The zero-order chi connectivity index (χ0) is 16.8. The van der Waals surface area contributed by atoms with Crippen LogP contribution in [0.5, 0.6) is 0 Å². The van der Waals surface area contributed by atoms with Gasteiger partial charge in [0.1, 0.15) is 0 Å². The van der Waals surface area contributed by atoms with Gasteiger partial charge in [-0.25, -0.2) is 5.43 Å². The number of nitrogens with one attached hydrogen (secondary N) is 2. The summed E-state index contributed by atoms with van der Waals surface area (Å²) in [4.78, 5) is 23.8. The normalized spacial score (nSPS) is 10.7. The first-order chi connectivity index (χ1) is 11.7. The van der Waals surface area contributed by atoms with Crippen molar-refractivity contribution in [2.45, 2.75) is 0 Å². The van der Waals surface area contributed by atoms with Gasteiger partial charge in [0.25, 0.3) is 0 Å². The van der Waals surface area contributed by atoms with Crippen molar-refractivity contribution < 1.29 is 9.59 Å². The number of carbonyl (C=O) groups excluding carboxylic acids is 2. The lowest BCUT2D eigenvalue weighted by atomic mass is 10.1. The molecular weight excluding hydrogens is 302 g/mol. The molecule has 5 heteroatoms. The van der Waals surface area contributed by atoms with Crippen molar-refractivity contribution in [3.63, 3.8) is 0 Å². The molecule has 118 valence electrons. The van der Waals surface area contributed by atoms with Crippen LogP contribution in [0.1, 0.15) is 5.56 Å². The molecule has 0 spiro atoms. The second kappa shape index (κ2) is 7.19. The average molecular weight is 317 g/mol. The van der Waals surface area contributed by atoms with Gasteiger partial charge in [-0.3, -0.25) is 9.59 Å². The van der Waals surface area contributed by atoms with Gasteiger partial charge in [0.15, 0.2) is 0 Å². The maximum absolute atomic E-state index is 12.0. The number of amides is 2. The zero-order valence-corrected chi connectivity index (χ0v) is 12.8. The van der Waals surface area contributed by atoms with Crippen LogP contribution in [0.2, 0.25) is 0 Å². The standard InChI is InChI=1S/C19H15N3O2/c23-18(19(24)22-20-13-14-7-2-1-3-8-14)21-17-12-6-10-15-9-4-5-11-16(15)17/h1-13H,(H,21,23)(H,22,24)/b20-13-. The van der Waals surface area contributed by atoms with Crippen LogP contribution < -0.4 is 10.7 Å². The maximum Gasteiger partial charge on any atom is 0.329 e. The lowest BCUT2D eigenvalue weighted by Gasteiger charge is -2.07. The summed E-state index contributed by atoms with van der Waals surface area (Å²) in [5, 5.41) is 8.24. The summed E-state index contributed by atoms with van der Waals surface area (Å²) in [6, 6.07) is 22.4. The van der Waals surface area contributed by atoms with Crippen LogP contribution in [0.4, 0.5) is 5.69 Å². The molecule has 5 nitrogen and oxygen atoms in total. The Bertz CT molecular complexity index is 899. The summed E-state index contributed by atoms with van der Waals surface area (Å²) in [5.74, 6) is -1.59. The highest BCUT2D eigenvalue weighted by Crippen LogP contribution is 2.22. The molecule has 2 amide bonds. The molecule has 0 saturated heterocycles. The van der Waals surface area contributed by atoms with Crippen LogP contribution in [0.25, 0.3) is 10.8 Å². The molecule has 3 rings (SSSR count). The van der Waals surface area contributed by atoms with E-state index in [0.29, 0.717) is 5.69 Å². The van der Waals surface area contributed by atoms with Crippen molar-refractivity contribution in [1.29, 1.82) is 0 Å². The van der Waals surface area contributed by atoms with Gasteiger partial charge in [-0.15, -0.1) is 0 Å². The van der Waals surface area contributed by atoms with Crippen molar-refractivity contribution in [2.24, 2.45) is 5.10 Å². The van der Waals surface area contributed by atoms with E-state index in [2.05, 4.69) is 15.8 Å². The Morgan fingerprint density at radius 1 is 0.792 bits per heavy atom. The second-order valence-corrected chi connectivity index (χ2v) is 5.09. The molecule has 0 saturated carbocycles. The van der Waals surface area contributed by atoms with Gasteiger partial charge in [-0.05, 0) is 17.0 Å². The minimum absolute atomic E-state index is 0.584. The number of hydrazone groups is 1. The molecule has 0 unspecified atom stereocenters. The summed E-state index contributed by atoms with van der Waals surface area (Å²) in [5.41, 5.74) is 3.63. The van der Waals surface area contributed by atoms with Crippen molar-refractivity contribution in [3.8, 4) is 0 Å². The van der Waals surface area contributed by atoms with Crippen molar-refractivity contribution >= 4 is 34.5 Å². The molecule has 3 aromatic carbocycles. The molecule has 0 fully saturated rings. The SMILES string of the molecule is O=C(N/N=C\c1ccccc1)C(=O)Nc1cccc2ccccc12. The van der Waals surface area contributed by atoms with Crippen molar-refractivity contribution in [2.75, 3.05) is 5.32 Å². The zero-order valence-electron chi connectivity index (χ0n) is 12.8. The van der Waals surface area contributed by atoms with E-state index in [1.165, 1.54) is 6.21 Å². The van der Waals surface area contributed by atoms with Crippen LogP contribution in [0, 0.1) is 0 Å². The van der Waals surface area contributed by atoms with Gasteiger partial charge in [0, 0.05) is 11.1 Å². The monoisotopic (exact) mass is 317 g/mol. The number of rotatable bonds is 3. The first-order valence-corrected chi connectivity index (χ1v) is 7.41. The smallest absolute Gasteiger partial charge is 0.317 e. The summed E-state index contributed by atoms with van der Waals surface area (Å²) < 4.78 is 0. The Balaban J connectivity index is 1.66. The Kier molecular flexibility index (Phi) is 4.62. The number of carbonyl (C=O) groups is 2. The molecule has 0 atom stereocenters. The highest BCUT2D eigenvalue weighted by Gasteiger charge is 2.13. The van der Waals surface area contributed by atoms with Crippen LogP contribution in [0.15, 0.2) is 77.9 Å². The van der Waals surface area contributed by atoms with E-state index >= 15 is 0 Å². The van der Waals surface area contributed by atoms with E-state index < -0.39 is 11.8 Å². The highest BCUT2D eigenvalue weighted by molar-refractivity contribution is 6.40. The molecule has 0 aromatic heterocycles. The third-order valence-corrected chi connectivity index (χ3v) is 3.42. The number of hydrogen-bond acceptors (Lipinski definition) is 3. The quantitative estimate of drug-likeness (QED) is 0.443. The van der Waals surface area contributed by atoms with Crippen LogP contribution in [0.3, 0.4) is 0 Å². The van der Waals surface area contributed by atoms with Gasteiger partial charge in [0.2, 0.25) is 0 Å². The van der Waals surface area contributed by atoms with Crippen molar-refractivity contribution in [3.05, 3.63) is 78.4 Å². The van der Waals surface area contributed by atoms with Gasteiger partial charge in [-0.2, -0.15) is 5.10 Å². The third kappa shape index (κ3) is 3.64. The van der Waals surface area contributed by atoms with E-state index in [4.69, 9.17) is 0 Å². The van der Waals surface area contributed by atoms with E-state index in [0.717, 1.165) is 16.3 Å². The van der Waals surface area contributed by atoms with Crippen LogP contribution in [-0.2, 0) is 9.59 Å². The number of benzene rings is 3. The summed E-state index contributed by atoms with van der Waals surface area (Å²) in [7, 11) is 0. The first kappa shape index (κ1) is 15.4. The molecule has 0 aliphatic carbocycles. The molecule has 0 heterocycles. The molecule has 0 bridgehead atoms. The number of hydrogen-bond donors (Lipinski definition) is 2. The van der Waals surface area contributed by atoms with E-state index in [9.17, 15) is 9.59 Å². The van der Waals surface area contributed by atoms with Crippen molar-refractivity contribution in [1.82, 2.24) is 5.43 Å².